The maximum Gasteiger partial charge on any atom is 0.108 e. The maximum absolute atomic E-state index is 4.49. The summed E-state index contributed by atoms with van der Waals surface area (Å²) >= 11 is 0. The maximum atomic E-state index is 4.49. The average molecular weight is 273 g/mol. The summed E-state index contributed by atoms with van der Waals surface area (Å²) in [4.78, 5) is 7.20. The molecule has 1 saturated heterocycles. The molecule has 2 heterocycles. The fraction of sp³-hybridized carbons (Fsp3) is 0.706. The number of hydrogen-bond donors (Lipinski definition) is 0. The van der Waals surface area contributed by atoms with E-state index in [0.717, 1.165) is 18.3 Å². The predicted molar refractivity (Wildman–Crippen MR) is 82.6 cm³/mol. The van der Waals surface area contributed by atoms with Crippen molar-refractivity contribution in [2.24, 2.45) is 18.9 Å². The molecular formula is C17H27N3. The summed E-state index contributed by atoms with van der Waals surface area (Å²) in [6.07, 6.45) is 16.5. The standard InChI is InChI=1S/C17H27N3/c1-19-11-9-18-17(19)12-16-8-5-10-20(14-16)13-15-6-3-2-4-7-15/h2-3,9,11,15-16H,4-8,10,12-14H2,1H3. The van der Waals surface area contributed by atoms with Gasteiger partial charge in [-0.25, -0.2) is 4.98 Å². The van der Waals surface area contributed by atoms with E-state index in [1.165, 1.54) is 57.6 Å². The van der Waals surface area contributed by atoms with Gasteiger partial charge in [0.25, 0.3) is 0 Å². The van der Waals surface area contributed by atoms with Gasteiger partial charge in [-0.15, -0.1) is 0 Å². The third kappa shape index (κ3) is 3.51. The second-order valence-electron chi connectivity index (χ2n) is 6.58. The average Bonchev–Trinajstić information content (AvgIpc) is 2.86. The van der Waals surface area contributed by atoms with Gasteiger partial charge in [-0.05, 0) is 50.5 Å². The number of rotatable bonds is 4. The van der Waals surface area contributed by atoms with Crippen LogP contribution in [-0.4, -0.2) is 34.1 Å². The highest BCUT2D eigenvalue weighted by atomic mass is 15.1. The minimum atomic E-state index is 0.795. The fourth-order valence-electron chi connectivity index (χ4n) is 3.72. The zero-order valence-electron chi connectivity index (χ0n) is 12.7. The van der Waals surface area contributed by atoms with Gasteiger partial charge in [0.2, 0.25) is 0 Å². The lowest BCUT2D eigenvalue weighted by atomic mass is 9.90. The second-order valence-corrected chi connectivity index (χ2v) is 6.58. The van der Waals surface area contributed by atoms with Crippen LogP contribution in [0, 0.1) is 11.8 Å². The van der Waals surface area contributed by atoms with Crippen LogP contribution in [0.4, 0.5) is 0 Å². The summed E-state index contributed by atoms with van der Waals surface area (Å²) in [5.74, 6) is 2.94. The van der Waals surface area contributed by atoms with Gasteiger partial charge in [-0.1, -0.05) is 12.2 Å². The number of aromatic nitrogens is 2. The molecule has 0 spiro atoms. The molecule has 2 aliphatic rings. The summed E-state index contributed by atoms with van der Waals surface area (Å²) in [5, 5.41) is 0. The number of nitrogens with zero attached hydrogens (tertiary/aromatic N) is 3. The van der Waals surface area contributed by atoms with Crippen LogP contribution in [0.1, 0.15) is 37.9 Å². The Morgan fingerprint density at radius 3 is 2.95 bits per heavy atom. The summed E-state index contributed by atoms with van der Waals surface area (Å²) < 4.78 is 2.17. The Hall–Kier alpha value is -1.09. The third-order valence-corrected chi connectivity index (χ3v) is 4.89. The molecule has 3 heteroatoms. The van der Waals surface area contributed by atoms with Gasteiger partial charge in [0.05, 0.1) is 0 Å². The number of likely N-dealkylation sites (tertiary alicyclic amines) is 1. The Morgan fingerprint density at radius 2 is 2.20 bits per heavy atom. The van der Waals surface area contributed by atoms with Crippen LogP contribution in [0.5, 0.6) is 0 Å². The van der Waals surface area contributed by atoms with Crippen LogP contribution in [0.15, 0.2) is 24.5 Å². The van der Waals surface area contributed by atoms with Gasteiger partial charge < -0.3 is 9.47 Å². The first kappa shape index (κ1) is 13.9. The van der Waals surface area contributed by atoms with E-state index < -0.39 is 0 Å². The number of aryl methyl sites for hydroxylation is 1. The Kier molecular flexibility index (Phi) is 4.56. The lowest BCUT2D eigenvalue weighted by molar-refractivity contribution is 0.146. The first-order valence-corrected chi connectivity index (χ1v) is 8.15. The van der Waals surface area contributed by atoms with E-state index in [1.807, 2.05) is 6.20 Å². The normalized spacial score (nSPS) is 27.9. The molecule has 2 atom stereocenters. The SMILES string of the molecule is Cn1ccnc1CC1CCCN(CC2CC=CCC2)C1. The van der Waals surface area contributed by atoms with Gasteiger partial charge in [0, 0.05) is 39.0 Å². The van der Waals surface area contributed by atoms with E-state index in [2.05, 4.69) is 39.8 Å². The third-order valence-electron chi connectivity index (χ3n) is 4.89. The van der Waals surface area contributed by atoms with E-state index in [0.29, 0.717) is 0 Å². The van der Waals surface area contributed by atoms with Crippen molar-refractivity contribution >= 4 is 0 Å². The monoisotopic (exact) mass is 273 g/mol. The van der Waals surface area contributed by atoms with Crippen molar-refractivity contribution in [3.05, 3.63) is 30.4 Å². The van der Waals surface area contributed by atoms with Gasteiger partial charge in [0.1, 0.15) is 5.82 Å². The molecule has 1 fully saturated rings. The molecule has 0 bridgehead atoms. The van der Waals surface area contributed by atoms with E-state index in [4.69, 9.17) is 0 Å². The van der Waals surface area contributed by atoms with E-state index >= 15 is 0 Å². The molecule has 0 saturated carbocycles. The minimum absolute atomic E-state index is 0.795. The van der Waals surface area contributed by atoms with Crippen LogP contribution in [0.25, 0.3) is 0 Å². The van der Waals surface area contributed by atoms with Crippen LogP contribution in [0.3, 0.4) is 0 Å². The molecule has 0 radical (unpaired) electrons. The lowest BCUT2D eigenvalue weighted by Gasteiger charge is -2.35. The van der Waals surface area contributed by atoms with Crippen molar-refractivity contribution in [1.29, 1.82) is 0 Å². The van der Waals surface area contributed by atoms with Crippen molar-refractivity contribution in [2.75, 3.05) is 19.6 Å². The van der Waals surface area contributed by atoms with Gasteiger partial charge >= 0.3 is 0 Å². The smallest absolute Gasteiger partial charge is 0.108 e. The molecule has 20 heavy (non-hydrogen) atoms. The number of allylic oxidation sites excluding steroid dienone is 2. The number of imidazole rings is 1. The lowest BCUT2D eigenvalue weighted by Crippen LogP contribution is -2.39. The van der Waals surface area contributed by atoms with E-state index in [9.17, 15) is 0 Å². The Bertz CT molecular complexity index is 449. The highest BCUT2D eigenvalue weighted by Gasteiger charge is 2.23. The molecular weight excluding hydrogens is 246 g/mol. The molecule has 3 rings (SSSR count). The summed E-state index contributed by atoms with van der Waals surface area (Å²) in [6, 6.07) is 0. The molecule has 1 aliphatic carbocycles. The zero-order chi connectivity index (χ0) is 13.8. The van der Waals surface area contributed by atoms with Crippen molar-refractivity contribution in [3.63, 3.8) is 0 Å². The largest absolute Gasteiger partial charge is 0.338 e. The molecule has 110 valence electrons. The molecule has 1 aromatic rings. The van der Waals surface area contributed by atoms with Gasteiger partial charge in [0.15, 0.2) is 0 Å². The highest BCUT2D eigenvalue weighted by molar-refractivity contribution is 4.95. The molecule has 1 aliphatic heterocycles. The molecule has 0 N–H and O–H groups in total. The van der Waals surface area contributed by atoms with Crippen molar-refractivity contribution in [3.8, 4) is 0 Å². The van der Waals surface area contributed by atoms with Crippen LogP contribution >= 0.6 is 0 Å². The van der Waals surface area contributed by atoms with Crippen LogP contribution < -0.4 is 0 Å². The Labute approximate surface area is 122 Å². The zero-order valence-corrected chi connectivity index (χ0v) is 12.7. The minimum Gasteiger partial charge on any atom is -0.338 e. The first-order valence-electron chi connectivity index (χ1n) is 8.15. The van der Waals surface area contributed by atoms with Crippen molar-refractivity contribution < 1.29 is 0 Å². The highest BCUT2D eigenvalue weighted by Crippen LogP contribution is 2.24. The molecule has 1 aromatic heterocycles. The molecule has 3 nitrogen and oxygen atoms in total. The fourth-order valence-corrected chi connectivity index (χ4v) is 3.72. The number of hydrogen-bond acceptors (Lipinski definition) is 2. The summed E-state index contributed by atoms with van der Waals surface area (Å²) in [6.45, 7) is 3.88. The Morgan fingerprint density at radius 1 is 1.25 bits per heavy atom. The topological polar surface area (TPSA) is 21.1 Å². The van der Waals surface area contributed by atoms with Gasteiger partial charge in [-0.3, -0.25) is 0 Å². The summed E-state index contributed by atoms with van der Waals surface area (Å²) in [7, 11) is 2.11. The first-order chi connectivity index (χ1) is 9.81. The Balaban J connectivity index is 1.51. The molecule has 2 unspecified atom stereocenters. The molecule has 0 amide bonds. The van der Waals surface area contributed by atoms with E-state index in [1.54, 1.807) is 0 Å². The van der Waals surface area contributed by atoms with Gasteiger partial charge in [-0.2, -0.15) is 0 Å². The second kappa shape index (κ2) is 6.57. The quantitative estimate of drug-likeness (QED) is 0.786. The van der Waals surface area contributed by atoms with Crippen LogP contribution in [-0.2, 0) is 13.5 Å². The van der Waals surface area contributed by atoms with Crippen molar-refractivity contribution in [2.45, 2.75) is 38.5 Å². The van der Waals surface area contributed by atoms with Crippen molar-refractivity contribution in [1.82, 2.24) is 14.5 Å². The van der Waals surface area contributed by atoms with E-state index in [-0.39, 0.29) is 0 Å². The van der Waals surface area contributed by atoms with Crippen LogP contribution in [0.2, 0.25) is 0 Å². The number of piperidine rings is 1. The molecule has 0 aromatic carbocycles. The predicted octanol–water partition coefficient (Wildman–Crippen LogP) is 3.03. The summed E-state index contributed by atoms with van der Waals surface area (Å²) in [5.41, 5.74) is 0.